The van der Waals surface area contributed by atoms with E-state index in [1.165, 1.54) is 4.31 Å². The largest absolute Gasteiger partial charge is 0.293 e. The lowest BCUT2D eigenvalue weighted by atomic mass is 10.2. The Morgan fingerprint density at radius 3 is 2.28 bits per heavy atom. The summed E-state index contributed by atoms with van der Waals surface area (Å²) >= 11 is 0. The summed E-state index contributed by atoms with van der Waals surface area (Å²) in [5.41, 5.74) is 0.457. The van der Waals surface area contributed by atoms with Crippen LogP contribution in [0.3, 0.4) is 0 Å². The van der Waals surface area contributed by atoms with E-state index < -0.39 is 15.8 Å². The van der Waals surface area contributed by atoms with Gasteiger partial charge in [-0.25, -0.2) is 12.7 Å². The Bertz CT molecular complexity index is 504. The van der Waals surface area contributed by atoms with E-state index in [0.717, 1.165) is 19.3 Å². The maximum Gasteiger partial charge on any atom is 0.221 e. The van der Waals surface area contributed by atoms with E-state index in [2.05, 4.69) is 0 Å². The Balaban J connectivity index is 2.06. The zero-order chi connectivity index (χ0) is 13.0. The zero-order valence-corrected chi connectivity index (χ0v) is 11.0. The second-order valence-corrected chi connectivity index (χ2v) is 6.47. The summed E-state index contributed by atoms with van der Waals surface area (Å²) in [5.74, 6) is -0.752. The van der Waals surface area contributed by atoms with Crippen molar-refractivity contribution < 1.29 is 13.2 Å². The van der Waals surface area contributed by atoms with Crippen LogP contribution in [0.4, 0.5) is 0 Å². The molecular formula is C13H17NO3S. The normalized spacial score (nSPS) is 17.6. The fourth-order valence-corrected chi connectivity index (χ4v) is 3.60. The molecule has 2 rings (SSSR count). The molecule has 1 fully saturated rings. The zero-order valence-electron chi connectivity index (χ0n) is 10.2. The number of Topliss-reactive ketones (excluding diaryl/α,β-unsaturated/α-hetero) is 1. The van der Waals surface area contributed by atoms with E-state index in [4.69, 9.17) is 0 Å². The SMILES string of the molecule is O=C(CS(=O)(=O)N1CCCCC1)c1ccccc1. The van der Waals surface area contributed by atoms with Gasteiger partial charge >= 0.3 is 0 Å². The molecule has 1 aliphatic rings. The van der Waals surface area contributed by atoms with Crippen LogP contribution in [-0.4, -0.2) is 37.3 Å². The summed E-state index contributed by atoms with van der Waals surface area (Å²) in [6.45, 7) is 1.09. The highest BCUT2D eigenvalue weighted by atomic mass is 32.2. The molecule has 1 aromatic carbocycles. The average Bonchev–Trinajstić information content (AvgIpc) is 2.40. The number of carbonyl (C=O) groups excluding carboxylic acids is 1. The highest BCUT2D eigenvalue weighted by Gasteiger charge is 2.26. The van der Waals surface area contributed by atoms with Gasteiger partial charge in [0.2, 0.25) is 10.0 Å². The molecule has 0 amide bonds. The van der Waals surface area contributed by atoms with Crippen LogP contribution in [0.1, 0.15) is 29.6 Å². The third-order valence-corrected chi connectivity index (χ3v) is 4.90. The highest BCUT2D eigenvalue weighted by molar-refractivity contribution is 7.89. The predicted octanol–water partition coefficient (Wildman–Crippen LogP) is 1.69. The summed E-state index contributed by atoms with van der Waals surface area (Å²) in [5, 5.41) is 0. The van der Waals surface area contributed by atoms with Crippen LogP contribution in [-0.2, 0) is 10.0 Å². The van der Waals surface area contributed by atoms with E-state index >= 15 is 0 Å². The molecule has 1 aromatic rings. The number of piperidine rings is 1. The summed E-state index contributed by atoms with van der Waals surface area (Å²) < 4.78 is 25.6. The molecule has 0 N–H and O–H groups in total. The number of sulfonamides is 1. The molecule has 0 aliphatic carbocycles. The van der Waals surface area contributed by atoms with Crippen LogP contribution in [0.5, 0.6) is 0 Å². The quantitative estimate of drug-likeness (QED) is 0.780. The Kier molecular flexibility index (Phi) is 4.14. The first-order chi connectivity index (χ1) is 8.59. The molecule has 0 aromatic heterocycles. The van der Waals surface area contributed by atoms with Crippen LogP contribution in [0.25, 0.3) is 0 Å². The number of hydrogen-bond donors (Lipinski definition) is 0. The standard InChI is InChI=1S/C13H17NO3S/c15-13(12-7-3-1-4-8-12)11-18(16,17)14-9-5-2-6-10-14/h1,3-4,7-8H,2,5-6,9-11H2. The minimum Gasteiger partial charge on any atom is -0.293 e. The summed E-state index contributed by atoms with van der Waals surface area (Å²) in [7, 11) is -3.45. The first-order valence-corrected chi connectivity index (χ1v) is 7.76. The molecule has 98 valence electrons. The average molecular weight is 267 g/mol. The van der Waals surface area contributed by atoms with Gasteiger partial charge in [-0.15, -0.1) is 0 Å². The van der Waals surface area contributed by atoms with Crippen molar-refractivity contribution in [1.82, 2.24) is 4.31 Å². The fourth-order valence-electron chi connectivity index (χ4n) is 2.11. The van der Waals surface area contributed by atoms with Crippen LogP contribution in [0, 0.1) is 0 Å². The minimum atomic E-state index is -3.45. The minimum absolute atomic E-state index is 0.332. The van der Waals surface area contributed by atoms with E-state index in [0.29, 0.717) is 18.7 Å². The van der Waals surface area contributed by atoms with Crippen LogP contribution in [0.15, 0.2) is 30.3 Å². The summed E-state index contributed by atoms with van der Waals surface area (Å²) in [4.78, 5) is 11.9. The maximum atomic E-state index is 12.1. The summed E-state index contributed by atoms with van der Waals surface area (Å²) in [6, 6.07) is 8.57. The molecule has 0 unspecified atom stereocenters. The van der Waals surface area contributed by atoms with Crippen molar-refractivity contribution >= 4 is 15.8 Å². The lowest BCUT2D eigenvalue weighted by molar-refractivity contribution is 0.101. The van der Waals surface area contributed by atoms with Gasteiger partial charge < -0.3 is 0 Å². The first kappa shape index (κ1) is 13.2. The Labute approximate surface area is 108 Å². The lowest BCUT2D eigenvalue weighted by Gasteiger charge is -2.25. The van der Waals surface area contributed by atoms with Crippen molar-refractivity contribution in [1.29, 1.82) is 0 Å². The van der Waals surface area contributed by atoms with Gasteiger partial charge in [0, 0.05) is 18.7 Å². The fraction of sp³-hybridized carbons (Fsp3) is 0.462. The van der Waals surface area contributed by atoms with E-state index in [1.54, 1.807) is 30.3 Å². The molecule has 1 heterocycles. The van der Waals surface area contributed by atoms with Crippen LogP contribution < -0.4 is 0 Å². The van der Waals surface area contributed by atoms with Crippen molar-refractivity contribution in [2.24, 2.45) is 0 Å². The van der Waals surface area contributed by atoms with E-state index in [1.807, 2.05) is 0 Å². The lowest BCUT2D eigenvalue weighted by Crippen LogP contribution is -2.39. The second kappa shape index (κ2) is 5.63. The predicted molar refractivity (Wildman–Crippen MR) is 70.0 cm³/mol. The number of ketones is 1. The molecule has 0 bridgehead atoms. The molecule has 0 radical (unpaired) electrons. The monoisotopic (exact) mass is 267 g/mol. The molecule has 1 saturated heterocycles. The smallest absolute Gasteiger partial charge is 0.221 e. The molecule has 4 nitrogen and oxygen atoms in total. The molecule has 0 spiro atoms. The van der Waals surface area contributed by atoms with E-state index in [9.17, 15) is 13.2 Å². The van der Waals surface area contributed by atoms with Crippen LogP contribution in [0.2, 0.25) is 0 Å². The van der Waals surface area contributed by atoms with Gasteiger partial charge in [-0.2, -0.15) is 0 Å². The number of nitrogens with zero attached hydrogens (tertiary/aromatic N) is 1. The molecule has 1 aliphatic heterocycles. The Morgan fingerprint density at radius 1 is 1.06 bits per heavy atom. The van der Waals surface area contributed by atoms with Gasteiger partial charge in [0.1, 0.15) is 5.75 Å². The van der Waals surface area contributed by atoms with Gasteiger partial charge in [0.15, 0.2) is 5.78 Å². The first-order valence-electron chi connectivity index (χ1n) is 6.16. The van der Waals surface area contributed by atoms with Gasteiger partial charge in [-0.3, -0.25) is 4.79 Å². The third-order valence-electron chi connectivity index (χ3n) is 3.12. The van der Waals surface area contributed by atoms with Crippen molar-refractivity contribution in [3.63, 3.8) is 0 Å². The van der Waals surface area contributed by atoms with Crippen molar-refractivity contribution in [3.05, 3.63) is 35.9 Å². The molecule has 18 heavy (non-hydrogen) atoms. The van der Waals surface area contributed by atoms with Crippen LogP contribution >= 0.6 is 0 Å². The topological polar surface area (TPSA) is 54.5 Å². The van der Waals surface area contributed by atoms with Crippen molar-refractivity contribution in [2.45, 2.75) is 19.3 Å². The van der Waals surface area contributed by atoms with E-state index in [-0.39, 0.29) is 5.78 Å². The highest BCUT2D eigenvalue weighted by Crippen LogP contribution is 2.14. The number of hydrogen-bond acceptors (Lipinski definition) is 3. The maximum absolute atomic E-state index is 12.1. The van der Waals surface area contributed by atoms with Gasteiger partial charge in [-0.05, 0) is 12.8 Å². The van der Waals surface area contributed by atoms with Gasteiger partial charge in [0.05, 0.1) is 0 Å². The number of rotatable bonds is 4. The number of benzene rings is 1. The molecule has 0 atom stereocenters. The summed E-state index contributed by atoms with van der Waals surface area (Å²) in [6.07, 6.45) is 2.84. The third kappa shape index (κ3) is 3.17. The molecular weight excluding hydrogens is 250 g/mol. The number of carbonyl (C=O) groups is 1. The molecule has 5 heteroatoms. The van der Waals surface area contributed by atoms with Gasteiger partial charge in [-0.1, -0.05) is 36.8 Å². The Morgan fingerprint density at radius 2 is 1.67 bits per heavy atom. The van der Waals surface area contributed by atoms with Crippen molar-refractivity contribution in [3.8, 4) is 0 Å². The molecule has 0 saturated carbocycles. The second-order valence-electron chi connectivity index (χ2n) is 4.51. The Hall–Kier alpha value is -1.20. The van der Waals surface area contributed by atoms with Gasteiger partial charge in [0.25, 0.3) is 0 Å². The van der Waals surface area contributed by atoms with Crippen molar-refractivity contribution in [2.75, 3.05) is 18.8 Å².